The number of halogens is 1. The second-order valence-corrected chi connectivity index (χ2v) is 3.74. The Labute approximate surface area is 87.7 Å². The molecule has 2 aromatic rings. The molecule has 0 radical (unpaired) electrons. The minimum absolute atomic E-state index is 0.0432. The van der Waals surface area contributed by atoms with E-state index in [9.17, 15) is 0 Å². The maximum absolute atomic E-state index is 6.02. The van der Waals surface area contributed by atoms with Crippen LogP contribution in [-0.2, 0) is 0 Å². The maximum atomic E-state index is 6.02. The molecule has 1 heterocycles. The number of benzene rings is 1. The Morgan fingerprint density at radius 2 is 2.07 bits per heavy atom. The maximum Gasteiger partial charge on any atom is 0.0720 e. The highest BCUT2D eigenvalue weighted by Gasteiger charge is 2.03. The third-order valence-corrected chi connectivity index (χ3v) is 2.50. The molecule has 1 aromatic carbocycles. The van der Waals surface area contributed by atoms with Crippen LogP contribution in [0, 0.1) is 0 Å². The Balaban J connectivity index is 2.67. The number of fused-ring (bicyclic) bond motifs is 1. The van der Waals surface area contributed by atoms with Crippen molar-refractivity contribution in [1.82, 2.24) is 4.98 Å². The topological polar surface area (TPSA) is 38.9 Å². The van der Waals surface area contributed by atoms with E-state index in [1.165, 1.54) is 0 Å². The lowest BCUT2D eigenvalue weighted by Gasteiger charge is -2.06. The van der Waals surface area contributed by atoms with Crippen molar-refractivity contribution in [3.8, 4) is 0 Å². The number of pyridine rings is 1. The molecule has 0 spiro atoms. The lowest BCUT2D eigenvalue weighted by atomic mass is 10.1. The highest BCUT2D eigenvalue weighted by atomic mass is 35.5. The molecule has 2 N–H and O–H groups in total. The van der Waals surface area contributed by atoms with Crippen LogP contribution >= 0.6 is 11.6 Å². The van der Waals surface area contributed by atoms with Crippen LogP contribution in [0.1, 0.15) is 18.7 Å². The smallest absolute Gasteiger partial charge is 0.0720 e. The van der Waals surface area contributed by atoms with Crippen LogP contribution in [0.3, 0.4) is 0 Å². The van der Waals surface area contributed by atoms with Gasteiger partial charge in [0.2, 0.25) is 0 Å². The molecule has 0 aliphatic carbocycles. The Morgan fingerprint density at radius 3 is 2.79 bits per heavy atom. The summed E-state index contributed by atoms with van der Waals surface area (Å²) in [5.41, 5.74) is 7.53. The number of nitrogens with two attached hydrogens (primary N) is 1. The highest BCUT2D eigenvalue weighted by molar-refractivity contribution is 6.35. The van der Waals surface area contributed by atoms with Crippen molar-refractivity contribution >= 4 is 22.5 Å². The monoisotopic (exact) mass is 206 g/mol. The van der Waals surface area contributed by atoms with E-state index < -0.39 is 0 Å². The standard InChI is InChI=1S/C11H11ClN2/c1-7(13)10-6-5-8-9(12)3-2-4-11(8)14-10/h2-7H,13H2,1H3. The Bertz CT molecular complexity index is 466. The van der Waals surface area contributed by atoms with Gasteiger partial charge in [-0.2, -0.15) is 0 Å². The van der Waals surface area contributed by atoms with Gasteiger partial charge in [0, 0.05) is 16.5 Å². The van der Waals surface area contributed by atoms with E-state index in [2.05, 4.69) is 4.98 Å². The molecule has 1 atom stereocenters. The van der Waals surface area contributed by atoms with Crippen molar-refractivity contribution in [3.05, 3.63) is 41.0 Å². The third-order valence-electron chi connectivity index (χ3n) is 2.17. The first-order valence-electron chi connectivity index (χ1n) is 4.49. The van der Waals surface area contributed by atoms with Gasteiger partial charge in [-0.25, -0.2) is 0 Å². The summed E-state index contributed by atoms with van der Waals surface area (Å²) in [6.45, 7) is 1.92. The van der Waals surface area contributed by atoms with Crippen molar-refractivity contribution in [2.45, 2.75) is 13.0 Å². The van der Waals surface area contributed by atoms with E-state index in [-0.39, 0.29) is 6.04 Å². The van der Waals surface area contributed by atoms with Crippen LogP contribution in [0.5, 0.6) is 0 Å². The van der Waals surface area contributed by atoms with E-state index in [1.807, 2.05) is 37.3 Å². The van der Waals surface area contributed by atoms with Crippen LogP contribution in [0.25, 0.3) is 10.9 Å². The molecule has 1 unspecified atom stereocenters. The molecule has 0 amide bonds. The van der Waals surface area contributed by atoms with E-state index in [4.69, 9.17) is 17.3 Å². The summed E-state index contributed by atoms with van der Waals surface area (Å²) in [7, 11) is 0. The molecule has 2 nitrogen and oxygen atoms in total. The van der Waals surface area contributed by atoms with Gasteiger partial charge >= 0.3 is 0 Å². The third kappa shape index (κ3) is 1.59. The highest BCUT2D eigenvalue weighted by Crippen LogP contribution is 2.22. The molecule has 3 heteroatoms. The zero-order chi connectivity index (χ0) is 10.1. The van der Waals surface area contributed by atoms with Crippen LogP contribution in [-0.4, -0.2) is 4.98 Å². The summed E-state index contributed by atoms with van der Waals surface area (Å²) < 4.78 is 0. The van der Waals surface area contributed by atoms with Gasteiger partial charge in [0.1, 0.15) is 0 Å². The molecule has 0 saturated carbocycles. The number of hydrogen-bond donors (Lipinski definition) is 1. The average molecular weight is 207 g/mol. The van der Waals surface area contributed by atoms with Gasteiger partial charge in [0.15, 0.2) is 0 Å². The van der Waals surface area contributed by atoms with Gasteiger partial charge in [-0.15, -0.1) is 0 Å². The van der Waals surface area contributed by atoms with Crippen molar-refractivity contribution in [3.63, 3.8) is 0 Å². The summed E-state index contributed by atoms with van der Waals surface area (Å²) in [6, 6.07) is 9.52. The van der Waals surface area contributed by atoms with Crippen LogP contribution in [0.15, 0.2) is 30.3 Å². The van der Waals surface area contributed by atoms with Gasteiger partial charge in [-0.3, -0.25) is 4.98 Å². The van der Waals surface area contributed by atoms with Crippen molar-refractivity contribution < 1.29 is 0 Å². The fourth-order valence-electron chi connectivity index (χ4n) is 1.39. The molecular weight excluding hydrogens is 196 g/mol. The zero-order valence-corrected chi connectivity index (χ0v) is 8.62. The quantitative estimate of drug-likeness (QED) is 0.779. The largest absolute Gasteiger partial charge is 0.323 e. The fourth-order valence-corrected chi connectivity index (χ4v) is 1.62. The second kappa shape index (κ2) is 3.56. The first kappa shape index (κ1) is 9.44. The molecule has 0 aliphatic rings. The first-order chi connectivity index (χ1) is 6.68. The molecule has 0 saturated heterocycles. The van der Waals surface area contributed by atoms with Gasteiger partial charge in [0.25, 0.3) is 0 Å². The van der Waals surface area contributed by atoms with Crippen molar-refractivity contribution in [2.24, 2.45) is 5.73 Å². The Morgan fingerprint density at radius 1 is 1.29 bits per heavy atom. The van der Waals surface area contributed by atoms with Crippen LogP contribution < -0.4 is 5.73 Å². The number of rotatable bonds is 1. The molecule has 14 heavy (non-hydrogen) atoms. The van der Waals surface area contributed by atoms with Gasteiger partial charge in [0.05, 0.1) is 11.2 Å². The van der Waals surface area contributed by atoms with E-state index >= 15 is 0 Å². The molecular formula is C11H11ClN2. The van der Waals surface area contributed by atoms with E-state index in [0.29, 0.717) is 0 Å². The van der Waals surface area contributed by atoms with Gasteiger partial charge < -0.3 is 5.73 Å². The molecule has 2 rings (SSSR count). The van der Waals surface area contributed by atoms with Gasteiger partial charge in [-0.05, 0) is 31.2 Å². The van der Waals surface area contributed by atoms with Crippen molar-refractivity contribution in [2.75, 3.05) is 0 Å². The molecule has 0 fully saturated rings. The van der Waals surface area contributed by atoms with Crippen molar-refractivity contribution in [1.29, 1.82) is 0 Å². The summed E-state index contributed by atoms with van der Waals surface area (Å²) in [5, 5.41) is 1.70. The number of hydrogen-bond acceptors (Lipinski definition) is 2. The lowest BCUT2D eigenvalue weighted by molar-refractivity contribution is 0.787. The molecule has 0 bridgehead atoms. The van der Waals surface area contributed by atoms with E-state index in [1.54, 1.807) is 0 Å². The minimum Gasteiger partial charge on any atom is -0.323 e. The van der Waals surface area contributed by atoms with E-state index in [0.717, 1.165) is 21.6 Å². The summed E-state index contributed by atoms with van der Waals surface area (Å²) in [5.74, 6) is 0. The zero-order valence-electron chi connectivity index (χ0n) is 7.87. The predicted molar refractivity (Wildman–Crippen MR) is 59.4 cm³/mol. The number of aromatic nitrogens is 1. The molecule has 1 aromatic heterocycles. The average Bonchev–Trinajstić information content (AvgIpc) is 2.17. The fraction of sp³-hybridized carbons (Fsp3) is 0.182. The molecule has 72 valence electrons. The summed E-state index contributed by atoms with van der Waals surface area (Å²) >= 11 is 6.02. The van der Waals surface area contributed by atoms with Crippen LogP contribution in [0.4, 0.5) is 0 Å². The van der Waals surface area contributed by atoms with Gasteiger partial charge in [-0.1, -0.05) is 17.7 Å². The Hall–Kier alpha value is -1.12. The first-order valence-corrected chi connectivity index (χ1v) is 4.87. The normalized spacial score (nSPS) is 13.1. The minimum atomic E-state index is -0.0432. The number of nitrogens with zero attached hydrogens (tertiary/aromatic N) is 1. The second-order valence-electron chi connectivity index (χ2n) is 3.33. The summed E-state index contributed by atoms with van der Waals surface area (Å²) in [6.07, 6.45) is 0. The SMILES string of the molecule is CC(N)c1ccc2c(Cl)cccc2n1. The van der Waals surface area contributed by atoms with Crippen LogP contribution in [0.2, 0.25) is 5.02 Å². The Kier molecular flexibility index (Phi) is 2.40. The molecule has 0 aliphatic heterocycles. The summed E-state index contributed by atoms with van der Waals surface area (Å²) in [4.78, 5) is 4.43. The lowest BCUT2D eigenvalue weighted by Crippen LogP contribution is -2.06. The predicted octanol–water partition coefficient (Wildman–Crippen LogP) is 2.91.